The van der Waals surface area contributed by atoms with Gasteiger partial charge in [0, 0.05) is 29.8 Å². The fourth-order valence-corrected chi connectivity index (χ4v) is 4.14. The number of carbonyl (C=O) groups is 1. The molecule has 1 aromatic heterocycles. The van der Waals surface area contributed by atoms with Crippen molar-refractivity contribution in [2.75, 3.05) is 18.8 Å². The van der Waals surface area contributed by atoms with Gasteiger partial charge in [-0.05, 0) is 55.6 Å². The van der Waals surface area contributed by atoms with E-state index in [1.807, 2.05) is 0 Å². The highest BCUT2D eigenvalue weighted by Gasteiger charge is 2.30. The van der Waals surface area contributed by atoms with E-state index in [1.165, 1.54) is 12.3 Å². The van der Waals surface area contributed by atoms with E-state index in [0.717, 1.165) is 0 Å². The van der Waals surface area contributed by atoms with E-state index in [0.29, 0.717) is 30.4 Å². The first-order valence-electron chi connectivity index (χ1n) is 7.90. The van der Waals surface area contributed by atoms with Gasteiger partial charge >= 0.3 is 5.97 Å². The van der Waals surface area contributed by atoms with Gasteiger partial charge in [0.2, 0.25) is 10.0 Å². The Morgan fingerprint density at radius 2 is 2.00 bits per heavy atom. The minimum Gasteiger partial charge on any atom is -0.383 e. The maximum absolute atomic E-state index is 12.5. The van der Waals surface area contributed by atoms with Crippen LogP contribution in [0.3, 0.4) is 0 Å². The number of piperidine rings is 1. The average molecular weight is 435 g/mol. The Morgan fingerprint density at radius 3 is 2.56 bits per heavy atom. The third-order valence-electron chi connectivity index (χ3n) is 3.74. The van der Waals surface area contributed by atoms with Crippen molar-refractivity contribution in [1.82, 2.24) is 14.8 Å². The van der Waals surface area contributed by atoms with E-state index in [9.17, 15) is 13.2 Å². The molecular weight excluding hydrogens is 412 g/mol. The Morgan fingerprint density at radius 1 is 1.40 bits per heavy atom. The van der Waals surface area contributed by atoms with Gasteiger partial charge in [-0.3, -0.25) is 0 Å². The third kappa shape index (κ3) is 5.37. The molecule has 140 valence electrons. The Bertz CT molecular complexity index is 740. The molecule has 0 saturated carbocycles. The van der Waals surface area contributed by atoms with Gasteiger partial charge in [-0.15, -0.1) is 5.06 Å². The fourth-order valence-electron chi connectivity index (χ4n) is 2.25. The summed E-state index contributed by atoms with van der Waals surface area (Å²) in [6, 6.07) is 1.17. The zero-order valence-corrected chi connectivity index (χ0v) is 16.9. The SMILES string of the molecule is CC(C)(C)C(=O)ON1CCC(NS(=O)(=O)c2cc(Br)cnc2N)CC1. The summed E-state index contributed by atoms with van der Waals surface area (Å²) in [4.78, 5) is 21.0. The highest BCUT2D eigenvalue weighted by Crippen LogP contribution is 2.23. The summed E-state index contributed by atoms with van der Waals surface area (Å²) >= 11 is 3.20. The molecule has 0 atom stereocenters. The molecule has 2 heterocycles. The van der Waals surface area contributed by atoms with Crippen LogP contribution in [0.15, 0.2) is 21.6 Å². The number of sulfonamides is 1. The van der Waals surface area contributed by atoms with E-state index in [1.54, 1.807) is 25.8 Å². The van der Waals surface area contributed by atoms with Gasteiger partial charge in [0.05, 0.1) is 5.41 Å². The van der Waals surface area contributed by atoms with Crippen molar-refractivity contribution in [3.8, 4) is 0 Å². The third-order valence-corrected chi connectivity index (χ3v) is 5.72. The molecule has 1 aliphatic rings. The van der Waals surface area contributed by atoms with Crippen LogP contribution in [0.2, 0.25) is 0 Å². The Hall–Kier alpha value is -1.23. The molecule has 25 heavy (non-hydrogen) atoms. The predicted octanol–water partition coefficient (Wildman–Crippen LogP) is 1.67. The summed E-state index contributed by atoms with van der Waals surface area (Å²) in [7, 11) is -3.77. The summed E-state index contributed by atoms with van der Waals surface area (Å²) in [5.74, 6) is -0.355. The zero-order valence-electron chi connectivity index (χ0n) is 14.5. The maximum atomic E-state index is 12.5. The van der Waals surface area contributed by atoms with Crippen LogP contribution in [0.25, 0.3) is 0 Å². The molecule has 0 unspecified atom stereocenters. The number of hydrogen-bond acceptors (Lipinski definition) is 7. The molecule has 1 saturated heterocycles. The van der Waals surface area contributed by atoms with Crippen molar-refractivity contribution in [2.45, 2.75) is 44.6 Å². The lowest BCUT2D eigenvalue weighted by Gasteiger charge is -2.32. The first-order chi connectivity index (χ1) is 11.5. The molecule has 0 aromatic carbocycles. The van der Waals surface area contributed by atoms with E-state index < -0.39 is 15.4 Å². The summed E-state index contributed by atoms with van der Waals surface area (Å²) in [6.45, 7) is 6.27. The van der Waals surface area contributed by atoms with Crippen LogP contribution >= 0.6 is 15.9 Å². The lowest BCUT2D eigenvalue weighted by molar-refractivity contribution is -0.204. The number of nitrogen functional groups attached to an aromatic ring is 1. The number of hydroxylamine groups is 2. The molecule has 1 aliphatic heterocycles. The van der Waals surface area contributed by atoms with Crippen LogP contribution in [0.5, 0.6) is 0 Å². The monoisotopic (exact) mass is 434 g/mol. The van der Waals surface area contributed by atoms with Crippen LogP contribution in [-0.2, 0) is 19.7 Å². The van der Waals surface area contributed by atoms with Crippen molar-refractivity contribution in [2.24, 2.45) is 5.41 Å². The number of rotatable bonds is 4. The number of pyridine rings is 1. The molecule has 0 spiro atoms. The number of nitrogens with zero attached hydrogens (tertiary/aromatic N) is 2. The Kier molecular flexibility index (Phi) is 6.08. The number of halogens is 1. The van der Waals surface area contributed by atoms with Crippen LogP contribution in [0.4, 0.5) is 5.82 Å². The Labute approximate surface area is 156 Å². The van der Waals surface area contributed by atoms with E-state index in [4.69, 9.17) is 10.6 Å². The lowest BCUT2D eigenvalue weighted by atomic mass is 9.98. The molecule has 0 radical (unpaired) electrons. The van der Waals surface area contributed by atoms with E-state index in [2.05, 4.69) is 25.6 Å². The number of carbonyl (C=O) groups excluding carboxylic acids is 1. The van der Waals surface area contributed by atoms with Crippen molar-refractivity contribution < 1.29 is 18.0 Å². The van der Waals surface area contributed by atoms with Crippen molar-refractivity contribution in [3.63, 3.8) is 0 Å². The summed E-state index contributed by atoms with van der Waals surface area (Å²) in [5, 5.41) is 1.58. The molecule has 0 bridgehead atoms. The predicted molar refractivity (Wildman–Crippen MR) is 96.8 cm³/mol. The first kappa shape index (κ1) is 20.1. The second-order valence-electron chi connectivity index (χ2n) is 6.99. The van der Waals surface area contributed by atoms with Gasteiger partial charge < -0.3 is 10.6 Å². The molecular formula is C15H23BrN4O4S. The summed E-state index contributed by atoms with van der Waals surface area (Å²) < 4.78 is 28.2. The largest absolute Gasteiger partial charge is 0.383 e. The molecule has 0 amide bonds. The second kappa shape index (κ2) is 7.56. The molecule has 3 N–H and O–H groups in total. The Balaban J connectivity index is 1.95. The van der Waals surface area contributed by atoms with Crippen LogP contribution in [0.1, 0.15) is 33.6 Å². The first-order valence-corrected chi connectivity index (χ1v) is 10.2. The number of hydrogen-bond donors (Lipinski definition) is 2. The van der Waals surface area contributed by atoms with Gasteiger partial charge in [-0.25, -0.2) is 22.9 Å². The summed E-state index contributed by atoms with van der Waals surface area (Å²) in [6.07, 6.45) is 2.49. The van der Waals surface area contributed by atoms with Gasteiger partial charge in [0.15, 0.2) is 0 Å². The standard InChI is InChI=1S/C15H23BrN4O4S/c1-15(2,3)14(21)24-20-6-4-11(5-7-20)19-25(22,23)12-8-10(16)9-18-13(12)17/h8-9,11,19H,4-7H2,1-3H3,(H2,17,18). The summed E-state index contributed by atoms with van der Waals surface area (Å²) in [5.41, 5.74) is 5.10. The van der Waals surface area contributed by atoms with Gasteiger partial charge in [0.1, 0.15) is 10.7 Å². The molecule has 2 rings (SSSR count). The quantitative estimate of drug-likeness (QED) is 0.740. The highest BCUT2D eigenvalue weighted by atomic mass is 79.9. The fraction of sp³-hybridized carbons (Fsp3) is 0.600. The number of aromatic nitrogens is 1. The number of anilines is 1. The number of nitrogens with one attached hydrogen (secondary N) is 1. The van der Waals surface area contributed by atoms with Crippen LogP contribution < -0.4 is 10.5 Å². The van der Waals surface area contributed by atoms with Crippen molar-refractivity contribution >= 4 is 37.7 Å². The van der Waals surface area contributed by atoms with Gasteiger partial charge in [-0.2, -0.15) is 0 Å². The van der Waals surface area contributed by atoms with Crippen LogP contribution in [0, 0.1) is 5.41 Å². The zero-order chi connectivity index (χ0) is 18.8. The molecule has 1 fully saturated rings. The van der Waals surface area contributed by atoms with Crippen LogP contribution in [-0.4, -0.2) is 43.6 Å². The number of nitrogens with two attached hydrogens (primary N) is 1. The van der Waals surface area contributed by atoms with Gasteiger partial charge in [0.25, 0.3) is 0 Å². The minimum absolute atomic E-state index is 0.0488. The lowest BCUT2D eigenvalue weighted by Crippen LogP contribution is -2.46. The smallest absolute Gasteiger partial charge is 0.330 e. The van der Waals surface area contributed by atoms with E-state index in [-0.39, 0.29) is 22.7 Å². The minimum atomic E-state index is -3.77. The topological polar surface area (TPSA) is 115 Å². The van der Waals surface area contributed by atoms with Gasteiger partial charge in [-0.1, -0.05) is 0 Å². The van der Waals surface area contributed by atoms with Crippen molar-refractivity contribution in [3.05, 3.63) is 16.7 Å². The molecule has 8 nitrogen and oxygen atoms in total. The second-order valence-corrected chi connectivity index (χ2v) is 9.59. The highest BCUT2D eigenvalue weighted by molar-refractivity contribution is 9.10. The molecule has 1 aromatic rings. The normalized spacial score (nSPS) is 17.4. The van der Waals surface area contributed by atoms with Crippen molar-refractivity contribution in [1.29, 1.82) is 0 Å². The molecule has 10 heteroatoms. The maximum Gasteiger partial charge on any atom is 0.330 e. The van der Waals surface area contributed by atoms with E-state index >= 15 is 0 Å². The average Bonchev–Trinajstić information content (AvgIpc) is 2.50. The molecule has 0 aliphatic carbocycles.